The molecule has 0 radical (unpaired) electrons. The van der Waals surface area contributed by atoms with Crippen LogP contribution in [-0.4, -0.2) is 14.2 Å². The van der Waals surface area contributed by atoms with Gasteiger partial charge in [-0.1, -0.05) is 0 Å². The zero-order valence-corrected chi connectivity index (χ0v) is 12.5. The average molecular weight is 354 g/mol. The number of ether oxygens (including phenoxy) is 1. The molecule has 0 aliphatic heterocycles. The number of methoxy groups -OCH3 is 1. The highest BCUT2D eigenvalue weighted by atomic mass is 127. The maximum Gasteiger partial charge on any atom is 0.119 e. The highest BCUT2D eigenvalue weighted by Gasteiger charge is 2.08. The summed E-state index contributed by atoms with van der Waals surface area (Å²) in [6, 6.07) is 13.9. The molecule has 0 unspecified atom stereocenters. The van der Waals surface area contributed by atoms with Crippen molar-refractivity contribution < 1.29 is 4.74 Å². The van der Waals surface area contributed by atoms with Gasteiger partial charge in [0.05, 0.1) is 12.8 Å². The topological polar surface area (TPSA) is 38.5 Å². The zero-order valence-electron chi connectivity index (χ0n) is 10.4. The van der Waals surface area contributed by atoms with Crippen molar-refractivity contribution in [1.29, 1.82) is 0 Å². The Bertz CT molecular complexity index is 540. The number of hydrogen-bond acceptors (Lipinski definition) is 3. The van der Waals surface area contributed by atoms with Crippen LogP contribution in [0, 0.1) is 3.57 Å². The largest absolute Gasteiger partial charge is 0.497 e. The summed E-state index contributed by atoms with van der Waals surface area (Å²) in [5.41, 5.74) is 8.79. The lowest BCUT2D eigenvalue weighted by Crippen LogP contribution is -2.10. The summed E-state index contributed by atoms with van der Waals surface area (Å²) in [5, 5.41) is 0. The second-order valence-corrected chi connectivity index (χ2v) is 5.13. The minimum atomic E-state index is 0.784. The maximum absolute atomic E-state index is 5.76. The van der Waals surface area contributed by atoms with Crippen LogP contribution in [0.5, 0.6) is 5.75 Å². The van der Waals surface area contributed by atoms with Crippen molar-refractivity contribution in [3.63, 3.8) is 0 Å². The highest BCUT2D eigenvalue weighted by molar-refractivity contribution is 14.1. The van der Waals surface area contributed by atoms with Gasteiger partial charge in [0.25, 0.3) is 0 Å². The van der Waals surface area contributed by atoms with Crippen molar-refractivity contribution in [3.05, 3.63) is 46.0 Å². The van der Waals surface area contributed by atoms with Crippen LogP contribution in [0.2, 0.25) is 0 Å². The van der Waals surface area contributed by atoms with Crippen LogP contribution in [0.3, 0.4) is 0 Å². The molecule has 2 aromatic rings. The first kappa shape index (κ1) is 13.0. The van der Waals surface area contributed by atoms with Crippen LogP contribution >= 0.6 is 22.6 Å². The predicted molar refractivity (Wildman–Crippen MR) is 84.6 cm³/mol. The first-order valence-corrected chi connectivity index (χ1v) is 6.62. The van der Waals surface area contributed by atoms with Gasteiger partial charge in [-0.25, -0.2) is 0 Å². The third-order valence-electron chi connectivity index (χ3n) is 2.79. The van der Waals surface area contributed by atoms with Crippen molar-refractivity contribution in [2.24, 2.45) is 0 Å². The van der Waals surface area contributed by atoms with E-state index in [0.29, 0.717) is 0 Å². The number of anilines is 3. The lowest BCUT2D eigenvalue weighted by Gasteiger charge is -2.21. The fourth-order valence-electron chi connectivity index (χ4n) is 1.74. The summed E-state index contributed by atoms with van der Waals surface area (Å²) in [7, 11) is 3.71. The number of nitrogens with two attached hydrogens (primary N) is 1. The van der Waals surface area contributed by atoms with Crippen LogP contribution < -0.4 is 15.4 Å². The lowest BCUT2D eigenvalue weighted by molar-refractivity contribution is 0.415. The molecule has 3 nitrogen and oxygen atoms in total. The molecule has 0 aromatic heterocycles. The summed E-state index contributed by atoms with van der Waals surface area (Å²) in [4.78, 5) is 2.13. The Kier molecular flexibility index (Phi) is 3.96. The Morgan fingerprint density at radius 1 is 1.11 bits per heavy atom. The number of benzene rings is 2. The Morgan fingerprint density at radius 2 is 1.78 bits per heavy atom. The summed E-state index contributed by atoms with van der Waals surface area (Å²) in [6.07, 6.45) is 0. The van der Waals surface area contributed by atoms with Gasteiger partial charge in [0, 0.05) is 22.0 Å². The quantitative estimate of drug-likeness (QED) is 0.676. The van der Waals surface area contributed by atoms with Gasteiger partial charge in [-0.2, -0.15) is 0 Å². The van der Waals surface area contributed by atoms with Crippen LogP contribution in [0.1, 0.15) is 0 Å². The minimum Gasteiger partial charge on any atom is -0.497 e. The molecule has 0 bridgehead atoms. The predicted octanol–water partition coefficient (Wildman–Crippen LogP) is 3.65. The van der Waals surface area contributed by atoms with E-state index in [1.807, 2.05) is 49.5 Å². The Balaban J connectivity index is 2.31. The van der Waals surface area contributed by atoms with Gasteiger partial charge in [-0.3, -0.25) is 0 Å². The van der Waals surface area contributed by atoms with Crippen molar-refractivity contribution in [3.8, 4) is 5.75 Å². The molecule has 18 heavy (non-hydrogen) atoms. The molecule has 0 saturated carbocycles. The maximum atomic E-state index is 5.76. The monoisotopic (exact) mass is 354 g/mol. The Morgan fingerprint density at radius 3 is 2.33 bits per heavy atom. The summed E-state index contributed by atoms with van der Waals surface area (Å²) < 4.78 is 6.29. The number of halogens is 1. The molecule has 0 saturated heterocycles. The smallest absolute Gasteiger partial charge is 0.119 e. The van der Waals surface area contributed by atoms with Crippen molar-refractivity contribution in [2.75, 3.05) is 24.8 Å². The van der Waals surface area contributed by atoms with Gasteiger partial charge >= 0.3 is 0 Å². The number of hydrogen-bond donors (Lipinski definition) is 1. The van der Waals surface area contributed by atoms with Crippen molar-refractivity contribution >= 4 is 39.7 Å². The molecule has 0 amide bonds. The van der Waals surface area contributed by atoms with Gasteiger partial charge in [0.1, 0.15) is 5.75 Å². The van der Waals surface area contributed by atoms with Crippen molar-refractivity contribution in [1.82, 2.24) is 0 Å². The summed E-state index contributed by atoms with van der Waals surface area (Å²) in [6.45, 7) is 0. The van der Waals surface area contributed by atoms with E-state index in [0.717, 1.165) is 26.4 Å². The van der Waals surface area contributed by atoms with Crippen LogP contribution in [-0.2, 0) is 0 Å². The second kappa shape index (κ2) is 5.48. The first-order chi connectivity index (χ1) is 8.61. The van der Waals surface area contributed by atoms with Gasteiger partial charge in [-0.15, -0.1) is 0 Å². The van der Waals surface area contributed by atoms with Gasteiger partial charge in [0.2, 0.25) is 0 Å². The zero-order chi connectivity index (χ0) is 13.1. The van der Waals surface area contributed by atoms with E-state index in [1.165, 1.54) is 0 Å². The van der Waals surface area contributed by atoms with E-state index in [4.69, 9.17) is 10.5 Å². The van der Waals surface area contributed by atoms with Gasteiger partial charge < -0.3 is 15.4 Å². The SMILES string of the molecule is COc1ccc(N(C)c2ccc(N)cc2I)cc1. The van der Waals surface area contributed by atoms with E-state index in [9.17, 15) is 0 Å². The third kappa shape index (κ3) is 2.69. The van der Waals surface area contributed by atoms with E-state index < -0.39 is 0 Å². The molecule has 0 fully saturated rings. The summed E-state index contributed by atoms with van der Waals surface area (Å²) in [5.74, 6) is 0.860. The first-order valence-electron chi connectivity index (χ1n) is 5.54. The van der Waals surface area contributed by atoms with Crippen LogP contribution in [0.4, 0.5) is 17.1 Å². The van der Waals surface area contributed by atoms with Crippen LogP contribution in [0.15, 0.2) is 42.5 Å². The molecule has 2 rings (SSSR count). The second-order valence-electron chi connectivity index (χ2n) is 3.97. The van der Waals surface area contributed by atoms with Crippen molar-refractivity contribution in [2.45, 2.75) is 0 Å². The molecule has 0 spiro atoms. The molecular weight excluding hydrogens is 339 g/mol. The molecule has 4 heteroatoms. The van der Waals surface area contributed by atoms with E-state index in [1.54, 1.807) is 7.11 Å². The molecule has 94 valence electrons. The fraction of sp³-hybridized carbons (Fsp3) is 0.143. The molecule has 2 N–H and O–H groups in total. The lowest BCUT2D eigenvalue weighted by atomic mass is 10.2. The molecule has 0 heterocycles. The third-order valence-corrected chi connectivity index (χ3v) is 3.66. The fourth-order valence-corrected chi connectivity index (χ4v) is 2.64. The molecule has 0 aliphatic carbocycles. The number of rotatable bonds is 3. The molecule has 0 aliphatic rings. The minimum absolute atomic E-state index is 0.784. The molecule has 2 aromatic carbocycles. The molecular formula is C14H15IN2O. The Labute approximate surface area is 121 Å². The van der Waals surface area contributed by atoms with Gasteiger partial charge in [0.15, 0.2) is 0 Å². The normalized spacial score (nSPS) is 10.2. The molecule has 0 atom stereocenters. The number of nitrogen functional groups attached to an aromatic ring is 1. The van der Waals surface area contributed by atoms with Gasteiger partial charge in [-0.05, 0) is 65.1 Å². The van der Waals surface area contributed by atoms with Crippen LogP contribution in [0.25, 0.3) is 0 Å². The summed E-state index contributed by atoms with van der Waals surface area (Å²) >= 11 is 2.30. The van der Waals surface area contributed by atoms with E-state index in [-0.39, 0.29) is 0 Å². The highest BCUT2D eigenvalue weighted by Crippen LogP contribution is 2.30. The standard InChI is InChI=1S/C14H15IN2O/c1-17(11-4-6-12(18-2)7-5-11)14-8-3-10(16)9-13(14)15/h3-9H,16H2,1-2H3. The van der Waals surface area contributed by atoms with E-state index in [2.05, 4.69) is 27.5 Å². The Hall–Kier alpha value is -1.43. The average Bonchev–Trinajstić information content (AvgIpc) is 2.38. The number of nitrogens with zero attached hydrogens (tertiary/aromatic N) is 1. The van der Waals surface area contributed by atoms with E-state index >= 15 is 0 Å².